The third kappa shape index (κ3) is 2.79. The maximum Gasteiger partial charge on any atom is 0.394 e. The number of hydrogen-bond acceptors (Lipinski definition) is 1. The van der Waals surface area contributed by atoms with Gasteiger partial charge >= 0.3 is 6.18 Å². The summed E-state index contributed by atoms with van der Waals surface area (Å²) >= 11 is 0. The third-order valence-corrected chi connectivity index (χ3v) is 3.54. The van der Waals surface area contributed by atoms with Crippen LogP contribution in [0, 0.1) is 0 Å². The highest BCUT2D eigenvalue weighted by Gasteiger charge is 2.30. The smallest absolute Gasteiger partial charge is 0.394 e. The SMILES string of the molecule is COc1ccc(-c2c(CC(F)(F)F)[nH]c3ccccc23)cc1. The molecule has 2 aromatic carbocycles. The van der Waals surface area contributed by atoms with Crippen molar-refractivity contribution in [2.75, 3.05) is 7.11 Å². The molecule has 0 saturated carbocycles. The molecule has 2 nitrogen and oxygen atoms in total. The topological polar surface area (TPSA) is 25.0 Å². The Balaban J connectivity index is 2.18. The number of para-hydroxylation sites is 1. The van der Waals surface area contributed by atoms with E-state index in [1.807, 2.05) is 12.1 Å². The highest BCUT2D eigenvalue weighted by atomic mass is 19.4. The molecule has 1 N–H and O–H groups in total. The number of hydrogen-bond donors (Lipinski definition) is 1. The molecule has 0 fully saturated rings. The van der Waals surface area contributed by atoms with E-state index in [0.29, 0.717) is 16.8 Å². The molecule has 5 heteroatoms. The summed E-state index contributed by atoms with van der Waals surface area (Å²) in [5, 5.41) is 0.784. The average molecular weight is 305 g/mol. The Morgan fingerprint density at radius 3 is 2.32 bits per heavy atom. The zero-order valence-electron chi connectivity index (χ0n) is 11.9. The fourth-order valence-electron chi connectivity index (χ4n) is 2.62. The summed E-state index contributed by atoms with van der Waals surface area (Å²) in [5.41, 5.74) is 2.21. The predicted molar refractivity (Wildman–Crippen MR) is 80.0 cm³/mol. The number of methoxy groups -OCH3 is 1. The van der Waals surface area contributed by atoms with E-state index in [1.54, 1.807) is 43.5 Å². The molecule has 0 radical (unpaired) electrons. The second-order valence-corrected chi connectivity index (χ2v) is 5.04. The minimum absolute atomic E-state index is 0.180. The van der Waals surface area contributed by atoms with Crippen LogP contribution in [0.5, 0.6) is 5.75 Å². The number of H-pyrrole nitrogens is 1. The Morgan fingerprint density at radius 1 is 1.00 bits per heavy atom. The van der Waals surface area contributed by atoms with Crippen LogP contribution in [0.25, 0.3) is 22.0 Å². The van der Waals surface area contributed by atoms with Gasteiger partial charge in [0.1, 0.15) is 5.75 Å². The summed E-state index contributed by atoms with van der Waals surface area (Å²) in [6, 6.07) is 14.3. The molecular weight excluding hydrogens is 291 g/mol. The fraction of sp³-hybridized carbons (Fsp3) is 0.176. The molecule has 0 bridgehead atoms. The normalized spacial score (nSPS) is 11.8. The summed E-state index contributed by atoms with van der Waals surface area (Å²) in [4.78, 5) is 2.90. The first-order valence-electron chi connectivity index (χ1n) is 6.79. The lowest BCUT2D eigenvalue weighted by Crippen LogP contribution is -2.12. The van der Waals surface area contributed by atoms with Crippen molar-refractivity contribution in [2.24, 2.45) is 0 Å². The molecule has 0 aliphatic heterocycles. The predicted octanol–water partition coefficient (Wildman–Crippen LogP) is 4.95. The second kappa shape index (κ2) is 5.40. The van der Waals surface area contributed by atoms with Crippen molar-refractivity contribution in [3.05, 3.63) is 54.2 Å². The first-order valence-corrected chi connectivity index (χ1v) is 6.79. The number of nitrogens with one attached hydrogen (secondary N) is 1. The Kier molecular flexibility index (Phi) is 3.56. The molecule has 22 heavy (non-hydrogen) atoms. The molecule has 0 amide bonds. The van der Waals surface area contributed by atoms with E-state index >= 15 is 0 Å². The number of benzene rings is 2. The number of alkyl halides is 3. The van der Waals surface area contributed by atoms with Crippen molar-refractivity contribution in [1.82, 2.24) is 4.98 Å². The Bertz CT molecular complexity index is 788. The minimum atomic E-state index is -4.26. The molecule has 0 saturated heterocycles. The van der Waals surface area contributed by atoms with Crippen LogP contribution < -0.4 is 4.74 Å². The van der Waals surface area contributed by atoms with Gasteiger partial charge in [0.05, 0.1) is 13.5 Å². The quantitative estimate of drug-likeness (QED) is 0.728. The molecule has 1 heterocycles. The zero-order chi connectivity index (χ0) is 15.7. The van der Waals surface area contributed by atoms with Crippen LogP contribution in [0.15, 0.2) is 48.5 Å². The Labute approximate surface area is 125 Å². The van der Waals surface area contributed by atoms with Crippen LogP contribution in [0.3, 0.4) is 0 Å². The molecule has 0 atom stereocenters. The lowest BCUT2D eigenvalue weighted by Gasteiger charge is -2.09. The van der Waals surface area contributed by atoms with Crippen LogP contribution in [-0.2, 0) is 6.42 Å². The highest BCUT2D eigenvalue weighted by Crippen LogP contribution is 2.36. The molecule has 0 aliphatic carbocycles. The van der Waals surface area contributed by atoms with Gasteiger partial charge in [-0.25, -0.2) is 0 Å². The van der Waals surface area contributed by atoms with Crippen molar-refractivity contribution in [1.29, 1.82) is 0 Å². The van der Waals surface area contributed by atoms with E-state index < -0.39 is 12.6 Å². The van der Waals surface area contributed by atoms with E-state index in [9.17, 15) is 13.2 Å². The van der Waals surface area contributed by atoms with Gasteiger partial charge in [0.25, 0.3) is 0 Å². The van der Waals surface area contributed by atoms with Crippen molar-refractivity contribution in [2.45, 2.75) is 12.6 Å². The average Bonchev–Trinajstić information content (AvgIpc) is 2.83. The summed E-state index contributed by atoms with van der Waals surface area (Å²) < 4.78 is 43.6. The van der Waals surface area contributed by atoms with E-state index in [2.05, 4.69) is 4.98 Å². The van der Waals surface area contributed by atoms with Crippen LogP contribution in [0.1, 0.15) is 5.69 Å². The summed E-state index contributed by atoms with van der Waals surface area (Å²) in [7, 11) is 1.55. The van der Waals surface area contributed by atoms with Gasteiger partial charge in [0.15, 0.2) is 0 Å². The van der Waals surface area contributed by atoms with Gasteiger partial charge in [-0.2, -0.15) is 13.2 Å². The number of ether oxygens (including phenoxy) is 1. The highest BCUT2D eigenvalue weighted by molar-refractivity contribution is 5.97. The van der Waals surface area contributed by atoms with Gasteiger partial charge in [-0.1, -0.05) is 30.3 Å². The summed E-state index contributed by atoms with van der Waals surface area (Å²) in [6.45, 7) is 0. The summed E-state index contributed by atoms with van der Waals surface area (Å²) in [5.74, 6) is 0.668. The van der Waals surface area contributed by atoms with Gasteiger partial charge in [-0.3, -0.25) is 0 Å². The fourth-order valence-corrected chi connectivity index (χ4v) is 2.62. The van der Waals surface area contributed by atoms with Gasteiger partial charge < -0.3 is 9.72 Å². The molecule has 3 rings (SSSR count). The van der Waals surface area contributed by atoms with Crippen LogP contribution in [-0.4, -0.2) is 18.3 Å². The standard InChI is InChI=1S/C17H14F3NO/c1-22-12-8-6-11(7-9-12)16-13-4-2-3-5-14(13)21-15(16)10-17(18,19)20/h2-9,21H,10H2,1H3. The number of rotatable bonds is 3. The van der Waals surface area contributed by atoms with E-state index in [4.69, 9.17) is 4.74 Å². The number of fused-ring (bicyclic) bond motifs is 1. The minimum Gasteiger partial charge on any atom is -0.497 e. The van der Waals surface area contributed by atoms with Gasteiger partial charge in [0, 0.05) is 22.2 Å². The van der Waals surface area contributed by atoms with E-state index in [0.717, 1.165) is 10.9 Å². The molecule has 0 aliphatic rings. The van der Waals surface area contributed by atoms with Crippen LogP contribution in [0.4, 0.5) is 13.2 Å². The van der Waals surface area contributed by atoms with Gasteiger partial charge in [-0.15, -0.1) is 0 Å². The molecule has 3 aromatic rings. The lowest BCUT2D eigenvalue weighted by atomic mass is 10.0. The first kappa shape index (κ1) is 14.5. The maximum absolute atomic E-state index is 12.8. The molecule has 0 unspecified atom stereocenters. The van der Waals surface area contributed by atoms with E-state index in [1.165, 1.54) is 0 Å². The first-order chi connectivity index (χ1) is 10.5. The monoisotopic (exact) mass is 305 g/mol. The molecule has 1 aromatic heterocycles. The largest absolute Gasteiger partial charge is 0.497 e. The second-order valence-electron chi connectivity index (χ2n) is 5.04. The number of aromatic amines is 1. The van der Waals surface area contributed by atoms with Crippen LogP contribution >= 0.6 is 0 Å². The molecule has 0 spiro atoms. The van der Waals surface area contributed by atoms with Gasteiger partial charge in [-0.05, 0) is 23.8 Å². The Morgan fingerprint density at radius 2 is 1.68 bits per heavy atom. The molecular formula is C17H14F3NO. The zero-order valence-corrected chi connectivity index (χ0v) is 11.9. The Hall–Kier alpha value is -2.43. The van der Waals surface area contributed by atoms with E-state index in [-0.39, 0.29) is 5.69 Å². The van der Waals surface area contributed by atoms with Crippen molar-refractivity contribution in [3.63, 3.8) is 0 Å². The van der Waals surface area contributed by atoms with Gasteiger partial charge in [0.2, 0.25) is 0 Å². The number of aromatic nitrogens is 1. The third-order valence-electron chi connectivity index (χ3n) is 3.54. The number of halogens is 3. The van der Waals surface area contributed by atoms with Crippen molar-refractivity contribution >= 4 is 10.9 Å². The molecule has 114 valence electrons. The van der Waals surface area contributed by atoms with Crippen LogP contribution in [0.2, 0.25) is 0 Å². The maximum atomic E-state index is 12.8. The summed E-state index contributed by atoms with van der Waals surface area (Å²) in [6.07, 6.45) is -5.24. The van der Waals surface area contributed by atoms with Crippen molar-refractivity contribution in [3.8, 4) is 16.9 Å². The lowest BCUT2D eigenvalue weighted by molar-refractivity contribution is -0.127. The van der Waals surface area contributed by atoms with Crippen molar-refractivity contribution < 1.29 is 17.9 Å².